The van der Waals surface area contributed by atoms with Gasteiger partial charge in [-0.25, -0.2) is 4.39 Å². The summed E-state index contributed by atoms with van der Waals surface area (Å²) in [6, 6.07) is 9.64. The van der Waals surface area contributed by atoms with Crippen molar-refractivity contribution in [1.82, 2.24) is 0 Å². The van der Waals surface area contributed by atoms with Gasteiger partial charge in [0, 0.05) is 21.5 Å². The summed E-state index contributed by atoms with van der Waals surface area (Å²) in [6.45, 7) is 1.85. The van der Waals surface area contributed by atoms with Crippen LogP contribution < -0.4 is 0 Å². The molecule has 0 aliphatic rings. The molecule has 98 valence electrons. The van der Waals surface area contributed by atoms with Gasteiger partial charge >= 0.3 is 0 Å². The van der Waals surface area contributed by atoms with Gasteiger partial charge in [-0.05, 0) is 48.4 Å². The van der Waals surface area contributed by atoms with Gasteiger partial charge in [-0.2, -0.15) is 0 Å². The van der Waals surface area contributed by atoms with Crippen molar-refractivity contribution in [2.24, 2.45) is 0 Å². The lowest BCUT2D eigenvalue weighted by atomic mass is 9.99. The third-order valence-electron chi connectivity index (χ3n) is 2.85. The highest BCUT2D eigenvalue weighted by Crippen LogP contribution is 2.20. The van der Waals surface area contributed by atoms with Crippen molar-refractivity contribution in [3.8, 4) is 0 Å². The largest absolute Gasteiger partial charge is 0.294 e. The number of aryl methyl sites for hydroxylation is 1. The number of carbonyl (C=O) groups excluding carboxylic acids is 1. The molecular weight excluding hydrogens is 331 g/mol. The Balaban J connectivity index is 2.28. The van der Waals surface area contributed by atoms with E-state index < -0.39 is 5.82 Å². The van der Waals surface area contributed by atoms with Crippen LogP contribution in [0, 0.1) is 12.7 Å². The maximum Gasteiger partial charge on any atom is 0.167 e. The van der Waals surface area contributed by atoms with Crippen molar-refractivity contribution in [2.75, 3.05) is 0 Å². The minimum atomic E-state index is -0.410. The molecule has 0 aliphatic carbocycles. The highest BCUT2D eigenvalue weighted by molar-refractivity contribution is 9.10. The zero-order valence-electron chi connectivity index (χ0n) is 10.2. The van der Waals surface area contributed by atoms with Gasteiger partial charge in [0.1, 0.15) is 5.82 Å². The maximum atomic E-state index is 13.6. The van der Waals surface area contributed by atoms with Crippen LogP contribution in [-0.2, 0) is 6.42 Å². The van der Waals surface area contributed by atoms with E-state index in [2.05, 4.69) is 15.9 Å². The van der Waals surface area contributed by atoms with Gasteiger partial charge in [-0.15, -0.1) is 0 Å². The molecule has 0 spiro atoms. The summed E-state index contributed by atoms with van der Waals surface area (Å²) in [5.74, 6) is -0.529. The Bertz CT molecular complexity index is 640. The third kappa shape index (κ3) is 3.43. The minimum Gasteiger partial charge on any atom is -0.294 e. The molecule has 4 heteroatoms. The topological polar surface area (TPSA) is 17.1 Å². The van der Waals surface area contributed by atoms with Crippen LogP contribution in [0.15, 0.2) is 40.9 Å². The van der Waals surface area contributed by atoms with Gasteiger partial charge in [-0.1, -0.05) is 33.6 Å². The van der Waals surface area contributed by atoms with Crippen molar-refractivity contribution >= 4 is 33.3 Å². The lowest BCUT2D eigenvalue weighted by Gasteiger charge is -2.07. The molecule has 0 radical (unpaired) electrons. The fraction of sp³-hybridized carbons (Fsp3) is 0.133. The Morgan fingerprint density at radius 2 is 2.00 bits per heavy atom. The molecule has 0 aliphatic heterocycles. The standard InChI is InChI=1S/C15H11BrClFO/c1-9-6-11(16)2-4-13(9)15(19)8-10-7-12(17)3-5-14(10)18/h2-7H,8H2,1H3. The van der Waals surface area contributed by atoms with E-state index >= 15 is 0 Å². The first-order chi connectivity index (χ1) is 8.97. The average Bonchev–Trinajstić information content (AvgIpc) is 2.33. The quantitative estimate of drug-likeness (QED) is 0.720. The second-order valence-corrected chi connectivity index (χ2v) is 5.65. The Labute approximate surface area is 124 Å². The SMILES string of the molecule is Cc1cc(Br)ccc1C(=O)Cc1cc(Cl)ccc1F. The average molecular weight is 342 g/mol. The normalized spacial score (nSPS) is 10.5. The van der Waals surface area contributed by atoms with E-state index in [9.17, 15) is 9.18 Å². The summed E-state index contributed by atoms with van der Waals surface area (Å²) in [7, 11) is 0. The van der Waals surface area contributed by atoms with E-state index in [0.717, 1.165) is 10.0 Å². The van der Waals surface area contributed by atoms with Gasteiger partial charge in [-0.3, -0.25) is 4.79 Å². The first kappa shape index (κ1) is 14.2. The zero-order valence-corrected chi connectivity index (χ0v) is 12.6. The van der Waals surface area contributed by atoms with Crippen LogP contribution in [0.4, 0.5) is 4.39 Å². The Hall–Kier alpha value is -1.19. The molecule has 0 atom stereocenters. The molecule has 19 heavy (non-hydrogen) atoms. The molecule has 0 N–H and O–H groups in total. The molecule has 0 unspecified atom stereocenters. The number of hydrogen-bond donors (Lipinski definition) is 0. The molecule has 1 nitrogen and oxygen atoms in total. The maximum absolute atomic E-state index is 13.6. The van der Waals surface area contributed by atoms with Gasteiger partial charge in [0.15, 0.2) is 5.78 Å². The first-order valence-electron chi connectivity index (χ1n) is 5.70. The summed E-state index contributed by atoms with van der Waals surface area (Å²) < 4.78 is 14.5. The summed E-state index contributed by atoms with van der Waals surface area (Å²) >= 11 is 9.16. The monoisotopic (exact) mass is 340 g/mol. The number of halogens is 3. The predicted octanol–water partition coefficient (Wildman–Crippen LogP) is 4.98. The van der Waals surface area contributed by atoms with Crippen LogP contribution in [0.1, 0.15) is 21.5 Å². The molecule has 0 saturated carbocycles. The fourth-order valence-electron chi connectivity index (χ4n) is 1.89. The van der Waals surface area contributed by atoms with E-state index in [0.29, 0.717) is 16.1 Å². The molecule has 2 aromatic carbocycles. The van der Waals surface area contributed by atoms with Crippen LogP contribution in [0.3, 0.4) is 0 Å². The summed E-state index contributed by atoms with van der Waals surface area (Å²) in [5.41, 5.74) is 1.78. The van der Waals surface area contributed by atoms with Crippen molar-refractivity contribution < 1.29 is 9.18 Å². The van der Waals surface area contributed by atoms with E-state index in [1.165, 1.54) is 18.2 Å². The number of hydrogen-bond acceptors (Lipinski definition) is 1. The van der Waals surface area contributed by atoms with Crippen molar-refractivity contribution in [3.63, 3.8) is 0 Å². The van der Waals surface area contributed by atoms with Gasteiger partial charge in [0.25, 0.3) is 0 Å². The Morgan fingerprint density at radius 1 is 1.26 bits per heavy atom. The second-order valence-electron chi connectivity index (χ2n) is 4.29. The fourth-order valence-corrected chi connectivity index (χ4v) is 2.56. The molecule has 2 aromatic rings. The van der Waals surface area contributed by atoms with Crippen LogP contribution in [0.5, 0.6) is 0 Å². The number of benzene rings is 2. The molecule has 0 aromatic heterocycles. The number of rotatable bonds is 3. The minimum absolute atomic E-state index is 0.00880. The third-order valence-corrected chi connectivity index (χ3v) is 3.58. The lowest BCUT2D eigenvalue weighted by Crippen LogP contribution is -2.07. The highest BCUT2D eigenvalue weighted by atomic mass is 79.9. The van der Waals surface area contributed by atoms with Crippen molar-refractivity contribution in [2.45, 2.75) is 13.3 Å². The number of carbonyl (C=O) groups is 1. The Kier molecular flexibility index (Phi) is 4.38. The van der Waals surface area contributed by atoms with Gasteiger partial charge in [0.05, 0.1) is 0 Å². The molecule has 0 amide bonds. The molecule has 0 saturated heterocycles. The molecule has 0 heterocycles. The highest BCUT2D eigenvalue weighted by Gasteiger charge is 2.13. The molecule has 0 fully saturated rings. The van der Waals surface area contributed by atoms with Crippen LogP contribution in [-0.4, -0.2) is 5.78 Å². The van der Waals surface area contributed by atoms with Crippen molar-refractivity contribution in [3.05, 3.63) is 68.4 Å². The molecule has 2 rings (SSSR count). The van der Waals surface area contributed by atoms with Crippen LogP contribution in [0.2, 0.25) is 5.02 Å². The lowest BCUT2D eigenvalue weighted by molar-refractivity contribution is 0.0991. The summed E-state index contributed by atoms with van der Waals surface area (Å²) in [6.07, 6.45) is 0.00880. The molecular formula is C15H11BrClFO. The van der Waals surface area contributed by atoms with Crippen molar-refractivity contribution in [1.29, 1.82) is 0 Å². The van der Waals surface area contributed by atoms with Gasteiger partial charge < -0.3 is 0 Å². The van der Waals surface area contributed by atoms with E-state index in [-0.39, 0.29) is 12.2 Å². The molecule has 0 bridgehead atoms. The van der Waals surface area contributed by atoms with E-state index in [1.54, 1.807) is 12.1 Å². The Morgan fingerprint density at radius 3 is 2.68 bits per heavy atom. The smallest absolute Gasteiger partial charge is 0.167 e. The van der Waals surface area contributed by atoms with Gasteiger partial charge in [0.2, 0.25) is 0 Å². The first-order valence-corrected chi connectivity index (χ1v) is 6.88. The number of ketones is 1. The number of Topliss-reactive ketones (excluding diaryl/α,β-unsaturated/α-hetero) is 1. The van der Waals surface area contributed by atoms with Crippen LogP contribution in [0.25, 0.3) is 0 Å². The second kappa shape index (κ2) is 5.85. The van der Waals surface area contributed by atoms with E-state index in [1.807, 2.05) is 13.0 Å². The predicted molar refractivity (Wildman–Crippen MR) is 78.3 cm³/mol. The summed E-state index contributed by atoms with van der Waals surface area (Å²) in [5, 5.41) is 0.428. The van der Waals surface area contributed by atoms with E-state index in [4.69, 9.17) is 11.6 Å². The van der Waals surface area contributed by atoms with Crippen LogP contribution >= 0.6 is 27.5 Å². The summed E-state index contributed by atoms with van der Waals surface area (Å²) in [4.78, 5) is 12.2. The zero-order chi connectivity index (χ0) is 14.0.